The van der Waals surface area contributed by atoms with Gasteiger partial charge in [-0.1, -0.05) is 23.7 Å². The molecule has 6 nitrogen and oxygen atoms in total. The lowest BCUT2D eigenvalue weighted by Gasteiger charge is -2.20. The number of amides is 1. The van der Waals surface area contributed by atoms with E-state index in [-0.39, 0.29) is 13.0 Å². The molecule has 0 fully saturated rings. The molecule has 0 spiro atoms. The van der Waals surface area contributed by atoms with Crippen molar-refractivity contribution < 1.29 is 17.9 Å². The Morgan fingerprint density at radius 2 is 1.86 bits per heavy atom. The lowest BCUT2D eigenvalue weighted by molar-refractivity contribution is 0.0527. The van der Waals surface area contributed by atoms with Crippen LogP contribution in [-0.2, 0) is 14.8 Å². The molecule has 1 rings (SSSR count). The number of carbonyl (C=O) groups excluding carboxylic acids is 1. The highest BCUT2D eigenvalue weighted by atomic mass is 35.5. The Morgan fingerprint density at radius 1 is 1.32 bits per heavy atom. The van der Waals surface area contributed by atoms with Crippen LogP contribution < -0.4 is 10.5 Å². The van der Waals surface area contributed by atoms with Gasteiger partial charge in [0.15, 0.2) is 0 Å². The van der Waals surface area contributed by atoms with Gasteiger partial charge >= 0.3 is 6.09 Å². The minimum absolute atomic E-state index is 0.124. The summed E-state index contributed by atoms with van der Waals surface area (Å²) in [7, 11) is -3.80. The number of alkyl carbamates (subject to hydrolysis) is 1. The third-order valence-electron chi connectivity index (χ3n) is 2.71. The highest BCUT2D eigenvalue weighted by Crippen LogP contribution is 2.25. The molecule has 1 atom stereocenters. The Bertz CT molecular complexity index is 609. The smallest absolute Gasteiger partial charge is 0.407 e. The molecule has 0 aliphatic rings. The Hall–Kier alpha value is -1.31. The van der Waals surface area contributed by atoms with Crippen molar-refractivity contribution in [3.63, 3.8) is 0 Å². The second-order valence-corrected chi connectivity index (χ2v) is 8.03. The maximum absolute atomic E-state index is 11.7. The number of nitrogens with one attached hydrogen (secondary N) is 1. The van der Waals surface area contributed by atoms with Crippen molar-refractivity contribution >= 4 is 27.7 Å². The Labute approximate surface area is 136 Å². The van der Waals surface area contributed by atoms with Crippen LogP contribution >= 0.6 is 11.6 Å². The first-order chi connectivity index (χ1) is 9.99. The summed E-state index contributed by atoms with van der Waals surface area (Å²) in [5.41, 5.74) is -0.0857. The van der Waals surface area contributed by atoms with Crippen LogP contribution in [0.3, 0.4) is 0 Å². The molecular weight excluding hydrogens is 328 g/mol. The average Bonchev–Trinajstić information content (AvgIpc) is 2.32. The topological polar surface area (TPSA) is 98.5 Å². The number of sulfonamides is 1. The van der Waals surface area contributed by atoms with Gasteiger partial charge in [-0.3, -0.25) is 0 Å². The summed E-state index contributed by atoms with van der Waals surface area (Å²) in [4.78, 5) is 11.5. The van der Waals surface area contributed by atoms with Crippen molar-refractivity contribution in [2.45, 2.75) is 38.0 Å². The molecule has 0 saturated carbocycles. The van der Waals surface area contributed by atoms with Crippen LogP contribution in [0.1, 0.15) is 38.0 Å². The van der Waals surface area contributed by atoms with Crippen LogP contribution in [0.2, 0.25) is 5.02 Å². The summed E-state index contributed by atoms with van der Waals surface area (Å²) >= 11 is 5.78. The monoisotopic (exact) mass is 348 g/mol. The van der Waals surface area contributed by atoms with Gasteiger partial charge in [-0.15, -0.1) is 0 Å². The lowest BCUT2D eigenvalue weighted by Crippen LogP contribution is -2.34. The standard InChI is InChI=1S/C14H21ClN2O4S/c1-14(2,3)21-13(18)17-9-8-12(22(16,19)20)10-4-6-11(15)7-5-10/h4-7,12H,8-9H2,1-3H3,(H,17,18)(H2,16,19,20). The van der Waals surface area contributed by atoms with Gasteiger partial charge in [0.25, 0.3) is 0 Å². The van der Waals surface area contributed by atoms with E-state index in [0.29, 0.717) is 10.6 Å². The molecule has 1 amide bonds. The van der Waals surface area contributed by atoms with Gasteiger partial charge in [0.1, 0.15) is 10.9 Å². The number of ether oxygens (including phenoxy) is 1. The van der Waals surface area contributed by atoms with E-state index in [4.69, 9.17) is 21.5 Å². The number of carbonyl (C=O) groups is 1. The van der Waals surface area contributed by atoms with Gasteiger partial charge in [0, 0.05) is 11.6 Å². The fourth-order valence-electron chi connectivity index (χ4n) is 1.82. The number of hydrogen-bond donors (Lipinski definition) is 2. The van der Waals surface area contributed by atoms with E-state index in [0.717, 1.165) is 0 Å². The summed E-state index contributed by atoms with van der Waals surface area (Å²) in [5.74, 6) is 0. The third kappa shape index (κ3) is 6.64. The molecule has 0 radical (unpaired) electrons. The van der Waals surface area contributed by atoms with Gasteiger partial charge in [0.05, 0.1) is 0 Å². The predicted molar refractivity (Wildman–Crippen MR) is 86.2 cm³/mol. The summed E-state index contributed by atoms with van der Waals surface area (Å²) in [6, 6.07) is 6.39. The molecule has 8 heteroatoms. The van der Waals surface area contributed by atoms with E-state index >= 15 is 0 Å². The number of rotatable bonds is 5. The highest BCUT2D eigenvalue weighted by Gasteiger charge is 2.24. The molecule has 1 unspecified atom stereocenters. The quantitative estimate of drug-likeness (QED) is 0.854. The largest absolute Gasteiger partial charge is 0.444 e. The summed E-state index contributed by atoms with van der Waals surface area (Å²) < 4.78 is 28.5. The number of primary sulfonamides is 1. The van der Waals surface area contributed by atoms with E-state index in [9.17, 15) is 13.2 Å². The van der Waals surface area contributed by atoms with Gasteiger partial charge in [-0.25, -0.2) is 18.4 Å². The van der Waals surface area contributed by atoms with Crippen LogP contribution in [0, 0.1) is 0 Å². The van der Waals surface area contributed by atoms with Crippen LogP contribution in [0.15, 0.2) is 24.3 Å². The van der Waals surface area contributed by atoms with E-state index in [1.54, 1.807) is 45.0 Å². The third-order valence-corrected chi connectivity index (χ3v) is 4.27. The molecule has 0 aliphatic heterocycles. The van der Waals surface area contributed by atoms with E-state index < -0.39 is 27.0 Å². The summed E-state index contributed by atoms with van der Waals surface area (Å²) in [6.45, 7) is 5.35. The van der Waals surface area contributed by atoms with Crippen molar-refractivity contribution in [2.75, 3.05) is 6.54 Å². The fraction of sp³-hybridized carbons (Fsp3) is 0.500. The zero-order chi connectivity index (χ0) is 17.0. The molecule has 124 valence electrons. The average molecular weight is 349 g/mol. The number of benzene rings is 1. The maximum atomic E-state index is 11.7. The minimum atomic E-state index is -3.80. The molecule has 0 aliphatic carbocycles. The fourth-order valence-corrected chi connectivity index (χ4v) is 2.93. The van der Waals surface area contributed by atoms with Crippen LogP contribution in [0.5, 0.6) is 0 Å². The molecule has 0 bridgehead atoms. The minimum Gasteiger partial charge on any atom is -0.444 e. The molecule has 0 aromatic heterocycles. The lowest BCUT2D eigenvalue weighted by atomic mass is 10.1. The molecule has 3 N–H and O–H groups in total. The number of hydrogen-bond acceptors (Lipinski definition) is 4. The zero-order valence-electron chi connectivity index (χ0n) is 12.8. The predicted octanol–water partition coefficient (Wildman–Crippen LogP) is 2.58. The highest BCUT2D eigenvalue weighted by molar-refractivity contribution is 7.89. The van der Waals surface area contributed by atoms with Crippen LogP contribution in [0.25, 0.3) is 0 Å². The zero-order valence-corrected chi connectivity index (χ0v) is 14.4. The number of halogens is 1. The van der Waals surface area contributed by atoms with Crippen molar-refractivity contribution in [1.82, 2.24) is 5.32 Å². The van der Waals surface area contributed by atoms with E-state index in [2.05, 4.69) is 5.32 Å². The van der Waals surface area contributed by atoms with Gasteiger partial charge in [0.2, 0.25) is 10.0 Å². The number of nitrogens with two attached hydrogens (primary N) is 1. The molecular formula is C14H21ClN2O4S. The first-order valence-corrected chi connectivity index (χ1v) is 8.72. The summed E-state index contributed by atoms with van der Waals surface area (Å²) in [6.07, 6.45) is -0.462. The molecule has 22 heavy (non-hydrogen) atoms. The molecule has 0 saturated heterocycles. The van der Waals surface area contributed by atoms with Crippen molar-refractivity contribution in [2.24, 2.45) is 5.14 Å². The Kier molecular flexibility index (Phi) is 6.22. The first kappa shape index (κ1) is 18.7. The van der Waals surface area contributed by atoms with Crippen LogP contribution in [-0.4, -0.2) is 26.7 Å². The van der Waals surface area contributed by atoms with Gasteiger partial charge in [-0.05, 0) is 44.9 Å². The molecule has 1 aromatic rings. The Morgan fingerprint density at radius 3 is 2.32 bits per heavy atom. The van der Waals surface area contributed by atoms with Gasteiger partial charge in [-0.2, -0.15) is 0 Å². The van der Waals surface area contributed by atoms with E-state index in [1.165, 1.54) is 0 Å². The molecule has 0 heterocycles. The molecule has 1 aromatic carbocycles. The normalized spacial score (nSPS) is 13.5. The van der Waals surface area contributed by atoms with Crippen molar-refractivity contribution in [3.05, 3.63) is 34.9 Å². The summed E-state index contributed by atoms with van der Waals surface area (Å²) in [5, 5.41) is 7.37. The SMILES string of the molecule is CC(C)(C)OC(=O)NCCC(c1ccc(Cl)cc1)S(N)(=O)=O. The maximum Gasteiger partial charge on any atom is 0.407 e. The Balaban J connectivity index is 2.69. The van der Waals surface area contributed by atoms with Gasteiger partial charge < -0.3 is 10.1 Å². The van der Waals surface area contributed by atoms with E-state index in [1.807, 2.05) is 0 Å². The van der Waals surface area contributed by atoms with Crippen molar-refractivity contribution in [3.8, 4) is 0 Å². The second kappa shape index (κ2) is 7.30. The van der Waals surface area contributed by atoms with Crippen molar-refractivity contribution in [1.29, 1.82) is 0 Å². The van der Waals surface area contributed by atoms with Crippen LogP contribution in [0.4, 0.5) is 4.79 Å². The first-order valence-electron chi connectivity index (χ1n) is 6.73. The second-order valence-electron chi connectivity index (χ2n) is 5.85.